The molecule has 0 radical (unpaired) electrons. The molecule has 0 saturated heterocycles. The average Bonchev–Trinajstić information content (AvgIpc) is 2.27. The van der Waals surface area contributed by atoms with Crippen molar-refractivity contribution in [2.75, 3.05) is 6.61 Å². The zero-order valence-electron chi connectivity index (χ0n) is 9.53. The highest BCUT2D eigenvalue weighted by molar-refractivity contribution is 5.87. The molecule has 84 valence electrons. The Morgan fingerprint density at radius 3 is 2.44 bits per heavy atom. The molecule has 1 aromatic carbocycles. The number of esters is 1. The molecule has 0 saturated carbocycles. The summed E-state index contributed by atoms with van der Waals surface area (Å²) in [5.74, 6) is -0.366. The lowest BCUT2D eigenvalue weighted by Gasteiger charge is -2.07. The van der Waals surface area contributed by atoms with Gasteiger partial charge in [0.25, 0.3) is 0 Å². The van der Waals surface area contributed by atoms with E-state index in [0.29, 0.717) is 5.57 Å². The van der Waals surface area contributed by atoms with Crippen LogP contribution in [0.25, 0.3) is 0 Å². The monoisotopic (exact) mass is 216 g/mol. The third kappa shape index (κ3) is 4.13. The lowest BCUT2D eigenvalue weighted by Crippen LogP contribution is -2.08. The molecular weight excluding hydrogens is 200 g/mol. The number of carbonyl (C=O) groups is 1. The second-order valence-corrected chi connectivity index (χ2v) is 3.77. The Morgan fingerprint density at radius 2 is 1.88 bits per heavy atom. The summed E-state index contributed by atoms with van der Waals surface area (Å²) in [5.41, 5.74) is 2.45. The second-order valence-electron chi connectivity index (χ2n) is 3.77. The van der Waals surface area contributed by atoms with Crippen LogP contribution < -0.4 is 0 Å². The van der Waals surface area contributed by atoms with Crippen LogP contribution in [0.2, 0.25) is 0 Å². The maximum Gasteiger partial charge on any atom is 0.333 e. The number of rotatable bonds is 5. The maximum atomic E-state index is 11.1. The highest BCUT2D eigenvalue weighted by Crippen LogP contribution is 2.07. The summed E-state index contributed by atoms with van der Waals surface area (Å²) in [6, 6.07) is 9.95. The quantitative estimate of drug-likeness (QED) is 0.430. The summed E-state index contributed by atoms with van der Waals surface area (Å²) >= 11 is 0. The molecule has 0 atom stereocenters. The van der Waals surface area contributed by atoms with Gasteiger partial charge in [-0.15, -0.1) is 0 Å². The minimum Gasteiger partial charge on any atom is -0.458 e. The van der Waals surface area contributed by atoms with Gasteiger partial charge < -0.3 is 4.74 Å². The Kier molecular flexibility index (Phi) is 4.52. The third-order valence-electron chi connectivity index (χ3n) is 2.05. The van der Waals surface area contributed by atoms with Crippen LogP contribution in [-0.2, 0) is 16.0 Å². The van der Waals surface area contributed by atoms with E-state index < -0.39 is 0 Å². The molecule has 1 aromatic rings. The van der Waals surface area contributed by atoms with Gasteiger partial charge in [0, 0.05) is 5.57 Å². The minimum atomic E-state index is -0.366. The van der Waals surface area contributed by atoms with E-state index in [1.807, 2.05) is 30.3 Å². The molecule has 16 heavy (non-hydrogen) atoms. The van der Waals surface area contributed by atoms with Crippen molar-refractivity contribution < 1.29 is 9.53 Å². The molecule has 0 aliphatic carbocycles. The van der Waals surface area contributed by atoms with Crippen molar-refractivity contribution in [3.63, 3.8) is 0 Å². The first-order chi connectivity index (χ1) is 7.59. The van der Waals surface area contributed by atoms with Gasteiger partial charge >= 0.3 is 5.97 Å². The van der Waals surface area contributed by atoms with Gasteiger partial charge in [0.1, 0.15) is 6.61 Å². The van der Waals surface area contributed by atoms with Crippen molar-refractivity contribution >= 4 is 5.97 Å². The van der Waals surface area contributed by atoms with E-state index in [2.05, 4.69) is 13.2 Å². The zero-order chi connectivity index (χ0) is 12.0. The fraction of sp³-hybridized carbons (Fsp3) is 0.214. The van der Waals surface area contributed by atoms with Crippen molar-refractivity contribution in [2.24, 2.45) is 0 Å². The van der Waals surface area contributed by atoms with Gasteiger partial charge in [0.05, 0.1) is 0 Å². The van der Waals surface area contributed by atoms with Gasteiger partial charge in [-0.3, -0.25) is 0 Å². The average molecular weight is 216 g/mol. The van der Waals surface area contributed by atoms with Gasteiger partial charge in [-0.1, -0.05) is 43.5 Å². The van der Waals surface area contributed by atoms with Crippen molar-refractivity contribution in [3.8, 4) is 0 Å². The predicted molar refractivity (Wildman–Crippen MR) is 65.1 cm³/mol. The molecule has 1 rings (SSSR count). The van der Waals surface area contributed by atoms with Gasteiger partial charge in [0.2, 0.25) is 0 Å². The number of hydrogen-bond donors (Lipinski definition) is 0. The fourth-order valence-corrected chi connectivity index (χ4v) is 1.23. The van der Waals surface area contributed by atoms with Gasteiger partial charge in [-0.05, 0) is 24.5 Å². The van der Waals surface area contributed by atoms with Crippen LogP contribution in [0.4, 0.5) is 0 Å². The van der Waals surface area contributed by atoms with Crippen molar-refractivity contribution in [3.05, 3.63) is 60.2 Å². The summed E-state index contributed by atoms with van der Waals surface area (Å²) in [4.78, 5) is 11.1. The van der Waals surface area contributed by atoms with Crippen molar-refractivity contribution in [1.82, 2.24) is 0 Å². The standard InChI is InChI=1S/C14H16O2/c1-11(2)14(15)16-10-12(3)9-13-7-5-4-6-8-13/h4-8H,1,3,9-10H2,2H3. The summed E-state index contributed by atoms with van der Waals surface area (Å²) in [6.07, 6.45) is 0.726. The highest BCUT2D eigenvalue weighted by Gasteiger charge is 2.04. The molecule has 0 N–H and O–H groups in total. The topological polar surface area (TPSA) is 26.3 Å². The van der Waals surface area contributed by atoms with E-state index in [4.69, 9.17) is 4.74 Å². The largest absolute Gasteiger partial charge is 0.458 e. The molecule has 2 heteroatoms. The first kappa shape index (κ1) is 12.2. The molecule has 2 nitrogen and oxygen atoms in total. The van der Waals surface area contributed by atoms with Crippen molar-refractivity contribution in [2.45, 2.75) is 13.3 Å². The number of benzene rings is 1. The Hall–Kier alpha value is -1.83. The second kappa shape index (κ2) is 5.91. The predicted octanol–water partition coefficient (Wildman–Crippen LogP) is 2.90. The molecule has 0 fully saturated rings. The van der Waals surface area contributed by atoms with E-state index in [0.717, 1.165) is 12.0 Å². The Labute approximate surface area is 96.2 Å². The molecule has 0 aliphatic rings. The summed E-state index contributed by atoms with van der Waals surface area (Å²) in [7, 11) is 0. The first-order valence-corrected chi connectivity index (χ1v) is 5.13. The summed E-state index contributed by atoms with van der Waals surface area (Å²) in [6.45, 7) is 9.27. The van der Waals surface area contributed by atoms with Gasteiger partial charge in [-0.2, -0.15) is 0 Å². The minimum absolute atomic E-state index is 0.251. The fourth-order valence-electron chi connectivity index (χ4n) is 1.23. The van der Waals surface area contributed by atoms with Crippen LogP contribution in [0.3, 0.4) is 0 Å². The van der Waals surface area contributed by atoms with E-state index >= 15 is 0 Å². The van der Waals surface area contributed by atoms with Crippen LogP contribution in [0, 0.1) is 0 Å². The normalized spacial score (nSPS) is 9.56. The smallest absolute Gasteiger partial charge is 0.333 e. The molecule has 0 aliphatic heterocycles. The first-order valence-electron chi connectivity index (χ1n) is 5.13. The number of hydrogen-bond acceptors (Lipinski definition) is 2. The van der Waals surface area contributed by atoms with Crippen LogP contribution in [0.1, 0.15) is 12.5 Å². The lowest BCUT2D eigenvalue weighted by molar-refractivity contribution is -0.138. The molecule has 0 heterocycles. The summed E-state index contributed by atoms with van der Waals surface area (Å²) in [5, 5.41) is 0. The Bertz CT molecular complexity index is 390. The van der Waals surface area contributed by atoms with E-state index in [1.165, 1.54) is 5.56 Å². The van der Waals surface area contributed by atoms with Crippen LogP contribution >= 0.6 is 0 Å². The highest BCUT2D eigenvalue weighted by atomic mass is 16.5. The molecule has 0 unspecified atom stereocenters. The number of ether oxygens (including phenoxy) is 1. The van der Waals surface area contributed by atoms with Gasteiger partial charge in [-0.25, -0.2) is 4.79 Å². The number of carbonyl (C=O) groups excluding carboxylic acids is 1. The van der Waals surface area contributed by atoms with E-state index in [9.17, 15) is 4.79 Å². The van der Waals surface area contributed by atoms with Gasteiger partial charge in [0.15, 0.2) is 0 Å². The van der Waals surface area contributed by atoms with E-state index in [-0.39, 0.29) is 12.6 Å². The summed E-state index contributed by atoms with van der Waals surface area (Å²) < 4.78 is 5.00. The van der Waals surface area contributed by atoms with Crippen LogP contribution in [0.5, 0.6) is 0 Å². The van der Waals surface area contributed by atoms with Crippen molar-refractivity contribution in [1.29, 1.82) is 0 Å². The molecular formula is C14H16O2. The molecule has 0 amide bonds. The van der Waals surface area contributed by atoms with E-state index in [1.54, 1.807) is 6.92 Å². The molecule has 0 aromatic heterocycles. The third-order valence-corrected chi connectivity index (χ3v) is 2.05. The zero-order valence-corrected chi connectivity index (χ0v) is 9.53. The SMILES string of the molecule is C=C(COC(=O)C(=C)C)Cc1ccccc1. The molecule has 0 bridgehead atoms. The van der Waals surface area contributed by atoms with Crippen LogP contribution in [-0.4, -0.2) is 12.6 Å². The molecule has 0 spiro atoms. The maximum absolute atomic E-state index is 11.1. The Balaban J connectivity index is 2.37. The Morgan fingerprint density at radius 1 is 1.25 bits per heavy atom. The lowest BCUT2D eigenvalue weighted by atomic mass is 10.1. The van der Waals surface area contributed by atoms with Crippen LogP contribution in [0.15, 0.2) is 54.6 Å².